The average Bonchev–Trinajstić information content (AvgIpc) is 3.06. The fraction of sp³-hybridized carbons (Fsp3) is 0. The van der Waals surface area contributed by atoms with Crippen molar-refractivity contribution < 1.29 is 18.1 Å². The van der Waals surface area contributed by atoms with Crippen molar-refractivity contribution in [2.45, 2.75) is 4.90 Å². The van der Waals surface area contributed by atoms with E-state index in [1.54, 1.807) is 0 Å². The molecule has 3 aromatic rings. The lowest BCUT2D eigenvalue weighted by Gasteiger charge is -2.08. The number of benzene rings is 1. The highest BCUT2D eigenvalue weighted by Crippen LogP contribution is 2.25. The number of hydrogen-bond donors (Lipinski definition) is 3. The number of amides is 1. The van der Waals surface area contributed by atoms with Crippen LogP contribution >= 0.6 is 23.2 Å². The van der Waals surface area contributed by atoms with Gasteiger partial charge in [0.2, 0.25) is 0 Å². The lowest BCUT2D eigenvalue weighted by atomic mass is 10.3. The Kier molecular flexibility index (Phi) is 5.63. The molecule has 150 valence electrons. The molecule has 0 saturated carbocycles. The molecule has 29 heavy (non-hydrogen) atoms. The van der Waals surface area contributed by atoms with Gasteiger partial charge in [-0.3, -0.25) is 9.52 Å². The van der Waals surface area contributed by atoms with Gasteiger partial charge in [0, 0.05) is 5.69 Å². The Morgan fingerprint density at radius 1 is 1.10 bits per heavy atom. The van der Waals surface area contributed by atoms with Crippen LogP contribution < -0.4 is 10.0 Å². The molecule has 0 aliphatic carbocycles. The molecule has 12 nitrogen and oxygen atoms in total. The summed E-state index contributed by atoms with van der Waals surface area (Å²) >= 11 is 11.3. The number of aromatic nitrogens is 4. The molecule has 1 aromatic carbocycles. The van der Waals surface area contributed by atoms with Gasteiger partial charge in [-0.05, 0) is 41.3 Å². The monoisotopic (exact) mass is 457 g/mol. The van der Waals surface area contributed by atoms with Crippen LogP contribution in [0.2, 0.25) is 10.2 Å². The van der Waals surface area contributed by atoms with E-state index in [2.05, 4.69) is 25.3 Å². The quantitative estimate of drug-likeness (QED) is 0.373. The van der Waals surface area contributed by atoms with Crippen LogP contribution in [0.4, 0.5) is 17.3 Å². The van der Waals surface area contributed by atoms with Gasteiger partial charge in [-0.2, -0.15) is 0 Å². The maximum absolute atomic E-state index is 12.4. The summed E-state index contributed by atoms with van der Waals surface area (Å²) in [5.74, 6) is -1.46. The number of carbonyl (C=O) groups is 1. The van der Waals surface area contributed by atoms with E-state index in [-0.39, 0.29) is 27.2 Å². The maximum Gasteiger partial charge on any atom is 0.362 e. The van der Waals surface area contributed by atoms with E-state index >= 15 is 0 Å². The Bertz CT molecular complexity index is 1180. The van der Waals surface area contributed by atoms with E-state index in [4.69, 9.17) is 23.2 Å². The third-order valence-corrected chi connectivity index (χ3v) is 5.31. The molecule has 0 saturated heterocycles. The van der Waals surface area contributed by atoms with Crippen molar-refractivity contribution in [3.8, 4) is 0 Å². The van der Waals surface area contributed by atoms with Crippen LogP contribution in [0.5, 0.6) is 0 Å². The van der Waals surface area contributed by atoms with E-state index in [9.17, 15) is 23.3 Å². The summed E-state index contributed by atoms with van der Waals surface area (Å²) in [6.45, 7) is 0. The van der Waals surface area contributed by atoms with Crippen molar-refractivity contribution >= 4 is 56.5 Å². The molecule has 3 N–H and O–H groups in total. The molecule has 0 unspecified atom stereocenters. The molecule has 15 heteroatoms. The van der Waals surface area contributed by atoms with Crippen molar-refractivity contribution in [2.24, 2.45) is 0 Å². The molecule has 2 aromatic heterocycles. The third kappa shape index (κ3) is 4.59. The van der Waals surface area contributed by atoms with Gasteiger partial charge >= 0.3 is 5.82 Å². The number of halogens is 2. The zero-order chi connectivity index (χ0) is 21.2. The highest BCUT2D eigenvalue weighted by atomic mass is 35.5. The van der Waals surface area contributed by atoms with Crippen LogP contribution in [-0.2, 0) is 10.0 Å². The smallest absolute Gasteiger partial charge is 0.358 e. The molecule has 0 aliphatic heterocycles. The van der Waals surface area contributed by atoms with Gasteiger partial charge in [0.05, 0.1) is 4.90 Å². The highest BCUT2D eigenvalue weighted by molar-refractivity contribution is 7.92. The highest BCUT2D eigenvalue weighted by Gasteiger charge is 2.25. The second-order valence-corrected chi connectivity index (χ2v) is 7.76. The Morgan fingerprint density at radius 2 is 1.79 bits per heavy atom. The summed E-state index contributed by atoms with van der Waals surface area (Å²) in [6, 6.07) is 7.81. The number of nitro groups is 1. The summed E-state index contributed by atoms with van der Waals surface area (Å²) in [4.78, 5) is 22.0. The second-order valence-electron chi connectivity index (χ2n) is 5.32. The lowest BCUT2D eigenvalue weighted by Crippen LogP contribution is -2.15. The summed E-state index contributed by atoms with van der Waals surface area (Å²) in [7, 11) is -3.96. The number of H-pyrrole nitrogens is 1. The number of aromatic amines is 1. The van der Waals surface area contributed by atoms with Gasteiger partial charge in [-0.25, -0.2) is 8.42 Å². The first-order valence-electron chi connectivity index (χ1n) is 7.49. The minimum Gasteiger partial charge on any atom is -0.358 e. The maximum atomic E-state index is 12.4. The van der Waals surface area contributed by atoms with E-state index in [0.29, 0.717) is 0 Å². The van der Waals surface area contributed by atoms with Crippen molar-refractivity contribution in [3.05, 3.63) is 62.4 Å². The van der Waals surface area contributed by atoms with Crippen molar-refractivity contribution in [2.75, 3.05) is 10.0 Å². The molecule has 0 fully saturated rings. The minimum atomic E-state index is -3.96. The van der Waals surface area contributed by atoms with E-state index in [1.165, 1.54) is 36.4 Å². The SMILES string of the molecule is O=C(Nc1ccc(S(=O)(=O)Nc2ccc(Cl)nn2)cc1)c1n[nH]c([N+](=O)[O-])c1Cl. The largest absolute Gasteiger partial charge is 0.362 e. The number of carbonyl (C=O) groups excluding carboxylic acids is 1. The molecule has 0 spiro atoms. The van der Waals surface area contributed by atoms with Crippen LogP contribution in [0, 0.1) is 10.1 Å². The van der Waals surface area contributed by atoms with Crippen molar-refractivity contribution in [3.63, 3.8) is 0 Å². The minimum absolute atomic E-state index is 0.0263. The van der Waals surface area contributed by atoms with Crippen LogP contribution in [0.3, 0.4) is 0 Å². The lowest BCUT2D eigenvalue weighted by molar-refractivity contribution is -0.389. The summed E-state index contributed by atoms with van der Waals surface area (Å²) in [5, 5.41) is 25.5. The first kappa shape index (κ1) is 20.4. The topological polar surface area (TPSA) is 173 Å². The fourth-order valence-electron chi connectivity index (χ4n) is 2.07. The first-order valence-corrected chi connectivity index (χ1v) is 9.73. The molecule has 0 atom stereocenters. The molecule has 0 bridgehead atoms. The number of nitrogens with zero attached hydrogens (tertiary/aromatic N) is 4. The van der Waals surface area contributed by atoms with Gasteiger partial charge in [-0.15, -0.1) is 15.3 Å². The Balaban J connectivity index is 1.73. The summed E-state index contributed by atoms with van der Waals surface area (Å²) < 4.78 is 26.9. The van der Waals surface area contributed by atoms with Crippen LogP contribution in [0.1, 0.15) is 10.5 Å². The number of rotatable bonds is 6. The van der Waals surface area contributed by atoms with Crippen molar-refractivity contribution in [1.82, 2.24) is 20.4 Å². The van der Waals surface area contributed by atoms with Gasteiger partial charge in [-0.1, -0.05) is 28.3 Å². The zero-order valence-corrected chi connectivity index (χ0v) is 16.3. The Labute approximate surface area is 172 Å². The average molecular weight is 458 g/mol. The van der Waals surface area contributed by atoms with E-state index < -0.39 is 31.7 Å². The van der Waals surface area contributed by atoms with Crippen LogP contribution in [-0.4, -0.2) is 39.6 Å². The molecule has 1 amide bonds. The Hall–Kier alpha value is -3.29. The number of anilines is 2. The zero-order valence-electron chi connectivity index (χ0n) is 14.0. The van der Waals surface area contributed by atoms with Crippen molar-refractivity contribution in [1.29, 1.82) is 0 Å². The third-order valence-electron chi connectivity index (χ3n) is 3.38. The molecular weight excluding hydrogens is 449 g/mol. The Morgan fingerprint density at radius 3 is 2.34 bits per heavy atom. The first-order chi connectivity index (χ1) is 13.7. The summed E-state index contributed by atoms with van der Waals surface area (Å²) in [6.07, 6.45) is 0. The summed E-state index contributed by atoms with van der Waals surface area (Å²) in [5.41, 5.74) is -0.167. The van der Waals surface area contributed by atoms with Gasteiger partial charge < -0.3 is 15.4 Å². The molecule has 0 radical (unpaired) electrons. The molecule has 2 heterocycles. The van der Waals surface area contributed by atoms with Gasteiger partial charge in [0.1, 0.15) is 0 Å². The molecule has 3 rings (SSSR count). The second kappa shape index (κ2) is 7.98. The molecular formula is C14H9Cl2N7O5S. The van der Waals surface area contributed by atoms with Gasteiger partial charge in [0.15, 0.2) is 21.7 Å². The number of hydrogen-bond acceptors (Lipinski definition) is 8. The molecule has 0 aliphatic rings. The van der Waals surface area contributed by atoms with E-state index in [0.717, 1.165) is 0 Å². The van der Waals surface area contributed by atoms with Gasteiger partial charge in [0.25, 0.3) is 15.9 Å². The fourth-order valence-corrected chi connectivity index (χ4v) is 3.40. The standard InChI is InChI=1S/C14H9Cl2N7O5S/c15-9-5-6-10(19-18-9)22-29(27,28)8-3-1-7(2-4-8)17-14(24)12-11(16)13(21-20-12)23(25)26/h1-6H,(H,17,24)(H,19,22)(H,20,21). The predicted octanol–water partition coefficient (Wildman–Crippen LogP) is 2.47. The van der Waals surface area contributed by atoms with Crippen LogP contribution in [0.25, 0.3) is 0 Å². The predicted molar refractivity (Wildman–Crippen MR) is 102 cm³/mol. The van der Waals surface area contributed by atoms with E-state index in [1.807, 2.05) is 5.10 Å². The number of sulfonamides is 1. The number of nitrogens with one attached hydrogen (secondary N) is 3. The van der Waals surface area contributed by atoms with Crippen LogP contribution in [0.15, 0.2) is 41.3 Å². The normalized spacial score (nSPS) is 11.1.